The minimum atomic E-state index is -0.00131. The molecule has 0 amide bonds. The van der Waals surface area contributed by atoms with Crippen LogP contribution in [0.25, 0.3) is 0 Å². The highest BCUT2D eigenvalue weighted by Gasteiger charge is 2.07. The van der Waals surface area contributed by atoms with Gasteiger partial charge in [-0.15, -0.1) is 0 Å². The molecule has 3 heteroatoms. The molecule has 19 heavy (non-hydrogen) atoms. The molecular formula is C16H19NO2. The van der Waals surface area contributed by atoms with Crippen LogP contribution in [0.1, 0.15) is 29.3 Å². The third-order valence-corrected chi connectivity index (χ3v) is 3.23. The highest BCUT2D eigenvalue weighted by molar-refractivity contribution is 5.40. The van der Waals surface area contributed by atoms with Gasteiger partial charge in [-0.05, 0) is 49.1 Å². The zero-order chi connectivity index (χ0) is 13.8. The van der Waals surface area contributed by atoms with Crippen LogP contribution >= 0.6 is 0 Å². The molecule has 0 aliphatic rings. The largest absolute Gasteiger partial charge is 0.439 e. The number of aryl methyl sites for hydroxylation is 2. The van der Waals surface area contributed by atoms with Crippen LogP contribution in [-0.4, -0.2) is 10.1 Å². The molecule has 0 saturated heterocycles. The van der Waals surface area contributed by atoms with Gasteiger partial charge in [0.25, 0.3) is 0 Å². The van der Waals surface area contributed by atoms with E-state index >= 15 is 0 Å². The van der Waals surface area contributed by atoms with Gasteiger partial charge in [-0.25, -0.2) is 4.98 Å². The minimum absolute atomic E-state index is 0.00131. The van der Waals surface area contributed by atoms with E-state index in [1.165, 1.54) is 5.56 Å². The first-order valence-electron chi connectivity index (χ1n) is 6.48. The predicted octanol–water partition coefficient (Wildman–Crippen LogP) is 3.55. The van der Waals surface area contributed by atoms with Crippen molar-refractivity contribution in [2.45, 2.75) is 33.8 Å². The number of pyridine rings is 1. The Morgan fingerprint density at radius 2 is 2.00 bits per heavy atom. The third-order valence-electron chi connectivity index (χ3n) is 3.23. The van der Waals surface area contributed by atoms with Crippen molar-refractivity contribution < 1.29 is 9.84 Å². The molecule has 0 fully saturated rings. The normalized spacial score (nSPS) is 10.5. The second-order valence-corrected chi connectivity index (χ2v) is 4.62. The van der Waals surface area contributed by atoms with Gasteiger partial charge in [-0.2, -0.15) is 0 Å². The highest BCUT2D eigenvalue weighted by Crippen LogP contribution is 2.26. The van der Waals surface area contributed by atoms with Crippen LogP contribution in [0.15, 0.2) is 30.3 Å². The quantitative estimate of drug-likeness (QED) is 0.910. The van der Waals surface area contributed by atoms with Crippen LogP contribution in [0.3, 0.4) is 0 Å². The summed E-state index contributed by atoms with van der Waals surface area (Å²) in [5, 5.41) is 9.26. The summed E-state index contributed by atoms with van der Waals surface area (Å²) in [6.45, 7) is 6.11. The van der Waals surface area contributed by atoms with Gasteiger partial charge in [-0.1, -0.05) is 19.1 Å². The van der Waals surface area contributed by atoms with Gasteiger partial charge in [0.15, 0.2) is 0 Å². The molecule has 0 aliphatic carbocycles. The molecule has 2 rings (SSSR count). The Kier molecular flexibility index (Phi) is 4.17. The van der Waals surface area contributed by atoms with Crippen molar-refractivity contribution in [3.05, 3.63) is 52.7 Å². The molecule has 1 aromatic carbocycles. The molecule has 1 N–H and O–H groups in total. The fraction of sp³-hybridized carbons (Fsp3) is 0.312. The molecule has 100 valence electrons. The Morgan fingerprint density at radius 3 is 2.68 bits per heavy atom. The standard InChI is InChI=1S/C16H19NO2/c1-4-14-8-13(10-18)9-16(17-14)19-15-7-5-6-11(2)12(15)3/h5-9,18H,4,10H2,1-3H3. The topological polar surface area (TPSA) is 42.4 Å². The van der Waals surface area contributed by atoms with E-state index in [1.807, 2.05) is 32.0 Å². The van der Waals surface area contributed by atoms with Crippen molar-refractivity contribution in [1.82, 2.24) is 4.98 Å². The zero-order valence-electron chi connectivity index (χ0n) is 11.6. The maximum Gasteiger partial charge on any atom is 0.219 e. The second kappa shape index (κ2) is 5.85. The van der Waals surface area contributed by atoms with Crippen LogP contribution in [0, 0.1) is 13.8 Å². The molecule has 0 unspecified atom stereocenters. The lowest BCUT2D eigenvalue weighted by Gasteiger charge is -2.11. The van der Waals surface area contributed by atoms with Crippen molar-refractivity contribution in [2.24, 2.45) is 0 Å². The summed E-state index contributed by atoms with van der Waals surface area (Å²) >= 11 is 0. The van der Waals surface area contributed by atoms with E-state index in [1.54, 1.807) is 6.07 Å². The summed E-state index contributed by atoms with van der Waals surface area (Å²) in [7, 11) is 0. The smallest absolute Gasteiger partial charge is 0.219 e. The van der Waals surface area contributed by atoms with E-state index in [9.17, 15) is 5.11 Å². The van der Waals surface area contributed by atoms with Gasteiger partial charge >= 0.3 is 0 Å². The van der Waals surface area contributed by atoms with Crippen molar-refractivity contribution in [2.75, 3.05) is 0 Å². The third kappa shape index (κ3) is 3.12. The maximum absolute atomic E-state index is 9.26. The second-order valence-electron chi connectivity index (χ2n) is 4.62. The lowest BCUT2D eigenvalue weighted by molar-refractivity contribution is 0.281. The van der Waals surface area contributed by atoms with E-state index in [-0.39, 0.29) is 6.61 Å². The van der Waals surface area contributed by atoms with Crippen LogP contribution in [0.5, 0.6) is 11.6 Å². The summed E-state index contributed by atoms with van der Waals surface area (Å²) in [6.07, 6.45) is 0.816. The Labute approximate surface area is 113 Å². The first-order chi connectivity index (χ1) is 9.13. The molecule has 0 radical (unpaired) electrons. The highest BCUT2D eigenvalue weighted by atomic mass is 16.5. The average molecular weight is 257 g/mol. The van der Waals surface area contributed by atoms with Crippen LogP contribution in [0.2, 0.25) is 0 Å². The Balaban J connectivity index is 2.34. The van der Waals surface area contributed by atoms with E-state index in [4.69, 9.17) is 4.74 Å². The molecule has 0 spiro atoms. The first kappa shape index (κ1) is 13.6. The lowest BCUT2D eigenvalue weighted by atomic mass is 10.1. The maximum atomic E-state index is 9.26. The van der Waals surface area contributed by atoms with Crippen molar-refractivity contribution in [1.29, 1.82) is 0 Å². The van der Waals surface area contributed by atoms with Gasteiger partial charge < -0.3 is 9.84 Å². The minimum Gasteiger partial charge on any atom is -0.439 e. The molecule has 2 aromatic rings. The Morgan fingerprint density at radius 1 is 1.21 bits per heavy atom. The molecular weight excluding hydrogens is 238 g/mol. The molecule has 0 bridgehead atoms. The monoisotopic (exact) mass is 257 g/mol. The Bertz CT molecular complexity index is 557. The fourth-order valence-electron chi connectivity index (χ4n) is 1.89. The number of rotatable bonds is 4. The van der Waals surface area contributed by atoms with Gasteiger partial charge in [0, 0.05) is 11.8 Å². The summed E-state index contributed by atoms with van der Waals surface area (Å²) in [5.74, 6) is 1.35. The Hall–Kier alpha value is -1.87. The van der Waals surface area contributed by atoms with Gasteiger partial charge in [0.2, 0.25) is 5.88 Å². The van der Waals surface area contributed by atoms with Crippen LogP contribution in [-0.2, 0) is 13.0 Å². The van der Waals surface area contributed by atoms with Crippen LogP contribution in [0.4, 0.5) is 0 Å². The first-order valence-corrected chi connectivity index (χ1v) is 6.48. The summed E-state index contributed by atoms with van der Waals surface area (Å²) in [4.78, 5) is 4.43. The number of ether oxygens (including phenoxy) is 1. The fourth-order valence-corrected chi connectivity index (χ4v) is 1.89. The number of nitrogens with zero attached hydrogens (tertiary/aromatic N) is 1. The van der Waals surface area contributed by atoms with Crippen molar-refractivity contribution in [3.63, 3.8) is 0 Å². The summed E-state index contributed by atoms with van der Waals surface area (Å²) in [5.41, 5.74) is 4.04. The SMILES string of the molecule is CCc1cc(CO)cc(Oc2cccc(C)c2C)n1. The van der Waals surface area contributed by atoms with Crippen LogP contribution < -0.4 is 4.74 Å². The average Bonchev–Trinajstić information content (AvgIpc) is 2.43. The number of aliphatic hydroxyl groups excluding tert-OH is 1. The van der Waals surface area contributed by atoms with Gasteiger partial charge in [0.1, 0.15) is 5.75 Å². The number of aliphatic hydroxyl groups is 1. The number of hydrogen-bond acceptors (Lipinski definition) is 3. The van der Waals surface area contributed by atoms with Crippen molar-refractivity contribution >= 4 is 0 Å². The van der Waals surface area contributed by atoms with Gasteiger partial charge in [-0.3, -0.25) is 0 Å². The van der Waals surface area contributed by atoms with E-state index in [2.05, 4.69) is 18.0 Å². The molecule has 0 atom stereocenters. The van der Waals surface area contributed by atoms with Gasteiger partial charge in [0.05, 0.1) is 6.61 Å². The predicted molar refractivity (Wildman–Crippen MR) is 75.5 cm³/mol. The number of aromatic nitrogens is 1. The molecule has 3 nitrogen and oxygen atoms in total. The number of hydrogen-bond donors (Lipinski definition) is 1. The number of benzene rings is 1. The molecule has 0 saturated carbocycles. The summed E-state index contributed by atoms with van der Waals surface area (Å²) in [6, 6.07) is 9.63. The van der Waals surface area contributed by atoms with E-state index in [0.717, 1.165) is 29.0 Å². The summed E-state index contributed by atoms with van der Waals surface area (Å²) < 4.78 is 5.85. The molecule has 1 aromatic heterocycles. The molecule has 0 aliphatic heterocycles. The lowest BCUT2D eigenvalue weighted by Crippen LogP contribution is -1.97. The van der Waals surface area contributed by atoms with E-state index < -0.39 is 0 Å². The van der Waals surface area contributed by atoms with Crippen molar-refractivity contribution in [3.8, 4) is 11.6 Å². The zero-order valence-corrected chi connectivity index (χ0v) is 11.6. The molecule has 1 heterocycles. The van der Waals surface area contributed by atoms with E-state index in [0.29, 0.717) is 5.88 Å².